The summed E-state index contributed by atoms with van der Waals surface area (Å²) in [5.74, 6) is 0.333. The second-order valence-electron chi connectivity index (χ2n) is 7.27. The Morgan fingerprint density at radius 1 is 0.906 bits per heavy atom. The molecule has 2 aromatic carbocycles. The third kappa shape index (κ3) is 5.14. The fraction of sp³-hybridized carbons (Fsp3) is 0.333. The molecule has 1 amide bonds. The maximum absolute atomic E-state index is 12.7. The Morgan fingerprint density at radius 3 is 2.25 bits per heavy atom. The molecule has 3 rings (SSSR count). The molecule has 0 saturated carbocycles. The fourth-order valence-electron chi connectivity index (χ4n) is 3.24. The Morgan fingerprint density at radius 2 is 1.59 bits per heavy atom. The maximum Gasteiger partial charge on any atom is 0.338 e. The van der Waals surface area contributed by atoms with Crippen molar-refractivity contribution >= 4 is 22.9 Å². The Hall–Kier alpha value is -3.68. The van der Waals surface area contributed by atoms with Crippen LogP contribution in [0.5, 0.6) is 11.5 Å². The van der Waals surface area contributed by atoms with Gasteiger partial charge in [-0.3, -0.25) is 4.79 Å². The van der Waals surface area contributed by atoms with Gasteiger partial charge in [0.2, 0.25) is 0 Å². The first kappa shape index (κ1) is 23.0. The van der Waals surface area contributed by atoms with Crippen LogP contribution >= 0.6 is 0 Å². The van der Waals surface area contributed by atoms with Gasteiger partial charge in [0.25, 0.3) is 5.91 Å². The first-order valence-corrected chi connectivity index (χ1v) is 10.3. The van der Waals surface area contributed by atoms with Gasteiger partial charge in [-0.05, 0) is 56.7 Å². The number of aryl methyl sites for hydroxylation is 2. The zero-order chi connectivity index (χ0) is 23.3. The van der Waals surface area contributed by atoms with Crippen LogP contribution in [0.1, 0.15) is 34.2 Å². The van der Waals surface area contributed by atoms with Crippen molar-refractivity contribution in [3.8, 4) is 11.5 Å². The number of nitrogens with zero attached hydrogens (tertiary/aromatic N) is 3. The highest BCUT2D eigenvalue weighted by Crippen LogP contribution is 2.28. The number of benzene rings is 2. The number of aromatic nitrogens is 2. The molecule has 0 atom stereocenters. The second kappa shape index (κ2) is 10.1. The summed E-state index contributed by atoms with van der Waals surface area (Å²) in [5.41, 5.74) is 4.15. The molecule has 0 bridgehead atoms. The molecule has 0 spiro atoms. The minimum absolute atomic E-state index is 0.289. The van der Waals surface area contributed by atoms with Crippen LogP contribution in [0.15, 0.2) is 36.4 Å². The molecule has 0 aliphatic heterocycles. The van der Waals surface area contributed by atoms with Crippen LogP contribution in [0.4, 0.5) is 0 Å². The first-order chi connectivity index (χ1) is 15.4. The Bertz CT molecular complexity index is 1150. The topological polar surface area (TPSA) is 90.8 Å². The van der Waals surface area contributed by atoms with E-state index in [2.05, 4.69) is 9.97 Å². The van der Waals surface area contributed by atoms with Crippen molar-refractivity contribution in [1.29, 1.82) is 0 Å². The van der Waals surface area contributed by atoms with Crippen molar-refractivity contribution in [1.82, 2.24) is 14.9 Å². The fourth-order valence-corrected chi connectivity index (χ4v) is 3.24. The quantitative estimate of drug-likeness (QED) is 0.498. The van der Waals surface area contributed by atoms with Gasteiger partial charge in [-0.2, -0.15) is 0 Å². The van der Waals surface area contributed by atoms with Gasteiger partial charge in [0.1, 0.15) is 0 Å². The van der Waals surface area contributed by atoms with Crippen molar-refractivity contribution in [2.24, 2.45) is 0 Å². The normalized spacial score (nSPS) is 10.7. The summed E-state index contributed by atoms with van der Waals surface area (Å²) < 4.78 is 15.8. The molecule has 1 aromatic heterocycles. The zero-order valence-corrected chi connectivity index (χ0v) is 19.0. The van der Waals surface area contributed by atoms with Gasteiger partial charge in [-0.25, -0.2) is 14.8 Å². The molecule has 0 saturated heterocycles. The van der Waals surface area contributed by atoms with Gasteiger partial charge in [0.05, 0.1) is 42.2 Å². The van der Waals surface area contributed by atoms with Crippen LogP contribution < -0.4 is 9.47 Å². The van der Waals surface area contributed by atoms with Gasteiger partial charge in [-0.15, -0.1) is 0 Å². The van der Waals surface area contributed by atoms with Crippen LogP contribution in [0.25, 0.3) is 11.0 Å². The summed E-state index contributed by atoms with van der Waals surface area (Å²) >= 11 is 0. The van der Waals surface area contributed by atoms with E-state index in [0.29, 0.717) is 41.2 Å². The molecular weight excluding hydrogens is 410 g/mol. The van der Waals surface area contributed by atoms with Gasteiger partial charge in [-0.1, -0.05) is 6.07 Å². The van der Waals surface area contributed by atoms with E-state index in [1.807, 2.05) is 32.9 Å². The average Bonchev–Trinajstić information content (AvgIpc) is 2.80. The van der Waals surface area contributed by atoms with Crippen LogP contribution in [0.2, 0.25) is 0 Å². The number of hydrogen-bond acceptors (Lipinski definition) is 7. The van der Waals surface area contributed by atoms with E-state index in [-0.39, 0.29) is 12.5 Å². The minimum atomic E-state index is -0.581. The van der Waals surface area contributed by atoms with E-state index < -0.39 is 5.97 Å². The largest absolute Gasteiger partial charge is 0.493 e. The molecule has 0 unspecified atom stereocenters. The highest BCUT2D eigenvalue weighted by molar-refractivity contribution is 5.94. The van der Waals surface area contributed by atoms with E-state index in [1.54, 1.807) is 43.4 Å². The van der Waals surface area contributed by atoms with E-state index in [4.69, 9.17) is 14.2 Å². The van der Waals surface area contributed by atoms with E-state index >= 15 is 0 Å². The van der Waals surface area contributed by atoms with Crippen LogP contribution in [0.3, 0.4) is 0 Å². The molecular formula is C24H27N3O5. The Kier molecular flexibility index (Phi) is 7.25. The zero-order valence-electron chi connectivity index (χ0n) is 19.0. The lowest BCUT2D eigenvalue weighted by Gasteiger charge is -2.21. The van der Waals surface area contributed by atoms with Crippen LogP contribution in [-0.4, -0.2) is 54.1 Å². The SMILES string of the molecule is CCN(Cc1ccc(OC)c(OC)c1)C(=O)COC(=O)c1ccc2nc(C)c(C)nc2c1. The van der Waals surface area contributed by atoms with Crippen LogP contribution in [-0.2, 0) is 16.1 Å². The maximum atomic E-state index is 12.7. The van der Waals surface area contributed by atoms with Crippen molar-refractivity contribution in [3.05, 3.63) is 58.9 Å². The molecule has 3 aromatic rings. The predicted octanol–water partition coefficient (Wildman–Crippen LogP) is 3.47. The summed E-state index contributed by atoms with van der Waals surface area (Å²) in [6.45, 7) is 6.09. The number of esters is 1. The number of likely N-dealkylation sites (N-methyl/N-ethyl adjacent to an activating group) is 1. The van der Waals surface area contributed by atoms with Crippen molar-refractivity contribution in [3.63, 3.8) is 0 Å². The number of methoxy groups -OCH3 is 2. The molecule has 0 aliphatic rings. The molecule has 168 valence electrons. The number of carbonyl (C=O) groups is 2. The minimum Gasteiger partial charge on any atom is -0.493 e. The molecule has 1 heterocycles. The van der Waals surface area contributed by atoms with Gasteiger partial charge >= 0.3 is 5.97 Å². The lowest BCUT2D eigenvalue weighted by molar-refractivity contribution is -0.134. The molecule has 0 N–H and O–H groups in total. The van der Waals surface area contributed by atoms with Gasteiger partial charge in [0, 0.05) is 13.1 Å². The lowest BCUT2D eigenvalue weighted by atomic mass is 10.2. The molecule has 8 heteroatoms. The van der Waals surface area contributed by atoms with E-state index in [1.165, 1.54) is 0 Å². The number of amides is 1. The number of rotatable bonds is 8. The van der Waals surface area contributed by atoms with Crippen molar-refractivity contribution in [2.75, 3.05) is 27.4 Å². The number of ether oxygens (including phenoxy) is 3. The molecule has 0 radical (unpaired) electrons. The molecule has 0 fully saturated rings. The standard InChI is InChI=1S/C24H27N3O5/c1-6-27(13-17-7-10-21(30-4)22(11-17)31-5)23(28)14-32-24(29)18-8-9-19-20(12-18)26-16(3)15(2)25-19/h7-12H,6,13-14H2,1-5H3. The number of fused-ring (bicyclic) bond motifs is 1. The molecule has 32 heavy (non-hydrogen) atoms. The summed E-state index contributed by atoms with van der Waals surface area (Å²) in [4.78, 5) is 35.7. The monoisotopic (exact) mass is 437 g/mol. The number of hydrogen-bond donors (Lipinski definition) is 0. The summed E-state index contributed by atoms with van der Waals surface area (Å²) in [6.07, 6.45) is 0. The first-order valence-electron chi connectivity index (χ1n) is 10.3. The summed E-state index contributed by atoms with van der Waals surface area (Å²) in [5, 5.41) is 0. The lowest BCUT2D eigenvalue weighted by Crippen LogP contribution is -2.34. The predicted molar refractivity (Wildman–Crippen MR) is 120 cm³/mol. The summed E-state index contributed by atoms with van der Waals surface area (Å²) in [7, 11) is 3.13. The van der Waals surface area contributed by atoms with Gasteiger partial charge in [0.15, 0.2) is 18.1 Å². The summed E-state index contributed by atoms with van der Waals surface area (Å²) in [6, 6.07) is 10.5. The molecule has 8 nitrogen and oxygen atoms in total. The number of carbonyl (C=O) groups excluding carboxylic acids is 2. The third-order valence-corrected chi connectivity index (χ3v) is 5.19. The van der Waals surface area contributed by atoms with E-state index in [0.717, 1.165) is 17.0 Å². The molecule has 0 aliphatic carbocycles. The highest BCUT2D eigenvalue weighted by Gasteiger charge is 2.17. The Balaban J connectivity index is 1.65. The van der Waals surface area contributed by atoms with E-state index in [9.17, 15) is 9.59 Å². The van der Waals surface area contributed by atoms with Gasteiger partial charge < -0.3 is 19.1 Å². The Labute approximate surface area is 187 Å². The smallest absolute Gasteiger partial charge is 0.338 e. The van der Waals surface area contributed by atoms with Crippen molar-refractivity contribution in [2.45, 2.75) is 27.3 Å². The average molecular weight is 437 g/mol. The van der Waals surface area contributed by atoms with Crippen LogP contribution in [0, 0.1) is 13.8 Å². The highest BCUT2D eigenvalue weighted by atomic mass is 16.5. The third-order valence-electron chi connectivity index (χ3n) is 5.19. The van der Waals surface area contributed by atoms with Crippen molar-refractivity contribution < 1.29 is 23.8 Å². The second-order valence-corrected chi connectivity index (χ2v) is 7.27.